The zero-order valence-corrected chi connectivity index (χ0v) is 20.6. The molecule has 3 aromatic carbocycles. The normalized spacial score (nSPS) is 12.1. The Kier molecular flexibility index (Phi) is 6.39. The molecule has 0 spiro atoms. The molecule has 0 fully saturated rings. The molecule has 1 unspecified atom stereocenters. The van der Waals surface area contributed by atoms with Gasteiger partial charge in [-0.25, -0.2) is 14.9 Å². The highest BCUT2D eigenvalue weighted by molar-refractivity contribution is 7.71. The zero-order chi connectivity index (χ0) is 25.2. The Bertz CT molecular complexity index is 1620. The number of carbonyl (C=O) groups is 1. The molecular formula is C27H24N4O4S. The minimum absolute atomic E-state index is 0.0748. The van der Waals surface area contributed by atoms with Crippen LogP contribution in [0.15, 0.2) is 65.2 Å². The number of H-pyrrole nitrogens is 2. The van der Waals surface area contributed by atoms with E-state index in [9.17, 15) is 9.90 Å². The number of aromatic amines is 2. The molecule has 8 nitrogen and oxygen atoms in total. The van der Waals surface area contributed by atoms with E-state index >= 15 is 0 Å². The molecule has 0 radical (unpaired) electrons. The van der Waals surface area contributed by atoms with Crippen LogP contribution in [0, 0.1) is 4.84 Å². The van der Waals surface area contributed by atoms with Crippen molar-refractivity contribution in [1.82, 2.24) is 20.1 Å². The number of fused-ring (bicyclic) bond motifs is 1. The number of nitrogens with zero attached hydrogens (tertiary/aromatic N) is 2. The van der Waals surface area contributed by atoms with Crippen molar-refractivity contribution in [2.75, 3.05) is 6.61 Å². The number of rotatable bonds is 8. The van der Waals surface area contributed by atoms with Crippen LogP contribution in [0.1, 0.15) is 47.9 Å². The maximum absolute atomic E-state index is 11.7. The number of aromatic nitrogens is 4. The van der Waals surface area contributed by atoms with Gasteiger partial charge in [-0.05, 0) is 54.9 Å². The average Bonchev–Trinajstić information content (AvgIpc) is 3.51. The summed E-state index contributed by atoms with van der Waals surface area (Å²) in [6, 6.07) is 19.1. The second-order valence-electron chi connectivity index (χ2n) is 8.25. The van der Waals surface area contributed by atoms with Crippen molar-refractivity contribution in [1.29, 1.82) is 0 Å². The number of ether oxygens (including phenoxy) is 1. The lowest BCUT2D eigenvalue weighted by molar-refractivity contribution is 0.0699. The quantitative estimate of drug-likeness (QED) is 0.206. The van der Waals surface area contributed by atoms with Crippen LogP contribution in [-0.4, -0.2) is 37.8 Å². The third-order valence-electron chi connectivity index (χ3n) is 6.12. The van der Waals surface area contributed by atoms with E-state index < -0.39 is 5.97 Å². The topological polar surface area (TPSA) is 117 Å². The summed E-state index contributed by atoms with van der Waals surface area (Å²) in [6.07, 6.45) is 0.763. The van der Waals surface area contributed by atoms with Crippen LogP contribution in [0.3, 0.4) is 0 Å². The Balaban J connectivity index is 1.60. The number of carboxylic acid groups (broad SMARTS) is 1. The summed E-state index contributed by atoms with van der Waals surface area (Å²) in [5, 5.41) is 12.3. The highest BCUT2D eigenvalue weighted by Gasteiger charge is 2.22. The third kappa shape index (κ3) is 4.29. The van der Waals surface area contributed by atoms with Crippen LogP contribution in [0.5, 0.6) is 5.75 Å². The summed E-state index contributed by atoms with van der Waals surface area (Å²) in [7, 11) is 0. The largest absolute Gasteiger partial charge is 0.493 e. The maximum atomic E-state index is 11.7. The van der Waals surface area contributed by atoms with Crippen LogP contribution in [0.2, 0.25) is 0 Å². The van der Waals surface area contributed by atoms with Crippen molar-refractivity contribution >= 4 is 29.2 Å². The molecule has 0 bridgehead atoms. The molecule has 5 aromatic rings. The van der Waals surface area contributed by atoms with E-state index in [1.54, 1.807) is 12.1 Å². The Morgan fingerprint density at radius 2 is 1.86 bits per heavy atom. The van der Waals surface area contributed by atoms with E-state index in [1.165, 1.54) is 0 Å². The Labute approximate surface area is 212 Å². The van der Waals surface area contributed by atoms with Crippen LogP contribution in [-0.2, 0) is 0 Å². The Morgan fingerprint density at radius 3 is 2.56 bits per heavy atom. The first-order chi connectivity index (χ1) is 17.5. The first kappa shape index (κ1) is 23.5. The molecule has 0 aliphatic carbocycles. The molecule has 2 aromatic heterocycles. The molecule has 36 heavy (non-hydrogen) atoms. The highest BCUT2D eigenvalue weighted by Crippen LogP contribution is 2.39. The van der Waals surface area contributed by atoms with Crippen LogP contribution in [0.4, 0.5) is 0 Å². The van der Waals surface area contributed by atoms with E-state index in [0.29, 0.717) is 29.3 Å². The summed E-state index contributed by atoms with van der Waals surface area (Å²) in [4.78, 5) is 24.1. The van der Waals surface area contributed by atoms with Gasteiger partial charge in [-0.1, -0.05) is 49.4 Å². The van der Waals surface area contributed by atoms with Crippen molar-refractivity contribution < 1.29 is 19.2 Å². The van der Waals surface area contributed by atoms with Gasteiger partial charge in [0.1, 0.15) is 17.1 Å². The summed E-state index contributed by atoms with van der Waals surface area (Å²) in [5.41, 5.74) is 5.03. The number of nitrogens with one attached hydrogen (secondary N) is 2. The molecule has 0 saturated heterocycles. The number of benzene rings is 3. The molecule has 3 N–H and O–H groups in total. The first-order valence-electron chi connectivity index (χ1n) is 11.6. The molecular weight excluding hydrogens is 476 g/mol. The van der Waals surface area contributed by atoms with Gasteiger partial charge in [-0.3, -0.25) is 0 Å². The maximum Gasteiger partial charge on any atom is 0.337 e. The van der Waals surface area contributed by atoms with E-state index in [-0.39, 0.29) is 16.3 Å². The third-order valence-corrected chi connectivity index (χ3v) is 6.29. The lowest BCUT2D eigenvalue weighted by Gasteiger charge is -2.18. The number of hydrogen-bond acceptors (Lipinski definition) is 6. The standard InChI is InChI=1S/C27H24N4O4S/c1-3-16(24-28-21-11-7-10-20(26(32)33)23(21)29-24)15-12-13-18(22(14-15)34-4-2)17-8-5-6-9-19(17)25-30-27(36)35-31-25/h5-14,16H,3-4H2,1-2H3,(H,28,29)(H,32,33)(H,30,31,36). The van der Waals surface area contributed by atoms with Gasteiger partial charge >= 0.3 is 10.8 Å². The minimum Gasteiger partial charge on any atom is -0.493 e. The molecule has 2 heterocycles. The molecule has 9 heteroatoms. The number of para-hydroxylation sites is 1. The summed E-state index contributed by atoms with van der Waals surface area (Å²) < 4.78 is 11.2. The van der Waals surface area contributed by atoms with Gasteiger partial charge in [0, 0.05) is 17.0 Å². The van der Waals surface area contributed by atoms with Crippen molar-refractivity contribution in [2.24, 2.45) is 0 Å². The van der Waals surface area contributed by atoms with Gasteiger partial charge in [0.25, 0.3) is 0 Å². The van der Waals surface area contributed by atoms with Gasteiger partial charge < -0.3 is 19.4 Å². The van der Waals surface area contributed by atoms with Crippen molar-refractivity contribution in [3.8, 4) is 28.3 Å². The lowest BCUT2D eigenvalue weighted by atomic mass is 9.91. The Hall–Kier alpha value is -4.24. The van der Waals surface area contributed by atoms with Gasteiger partial charge in [0.05, 0.1) is 17.7 Å². The number of imidazole rings is 1. The highest BCUT2D eigenvalue weighted by atomic mass is 32.1. The van der Waals surface area contributed by atoms with Crippen LogP contribution < -0.4 is 4.74 Å². The predicted octanol–water partition coefficient (Wildman–Crippen LogP) is 6.58. The second kappa shape index (κ2) is 9.79. The van der Waals surface area contributed by atoms with Gasteiger partial charge in [0.2, 0.25) is 0 Å². The van der Waals surface area contributed by atoms with Crippen molar-refractivity contribution in [3.05, 3.63) is 82.5 Å². The lowest BCUT2D eigenvalue weighted by Crippen LogP contribution is -2.04. The predicted molar refractivity (Wildman–Crippen MR) is 139 cm³/mol. The van der Waals surface area contributed by atoms with Crippen molar-refractivity contribution in [3.63, 3.8) is 0 Å². The van der Waals surface area contributed by atoms with Gasteiger partial charge in [0.15, 0.2) is 5.82 Å². The minimum atomic E-state index is -0.999. The monoisotopic (exact) mass is 500 g/mol. The molecule has 5 rings (SSSR count). The van der Waals surface area contributed by atoms with Gasteiger partial charge in [-0.15, -0.1) is 0 Å². The van der Waals surface area contributed by atoms with E-state index in [1.807, 2.05) is 49.4 Å². The average molecular weight is 501 g/mol. The zero-order valence-electron chi connectivity index (χ0n) is 19.7. The molecule has 0 aliphatic rings. The fourth-order valence-electron chi connectivity index (χ4n) is 4.50. The number of carboxylic acids is 1. The second-order valence-corrected chi connectivity index (χ2v) is 8.60. The first-order valence-corrected chi connectivity index (χ1v) is 12.0. The van der Waals surface area contributed by atoms with Crippen LogP contribution in [0.25, 0.3) is 33.5 Å². The van der Waals surface area contributed by atoms with Crippen molar-refractivity contribution in [2.45, 2.75) is 26.2 Å². The smallest absolute Gasteiger partial charge is 0.337 e. The Morgan fingerprint density at radius 1 is 1.06 bits per heavy atom. The van der Waals surface area contributed by atoms with E-state index in [4.69, 9.17) is 21.5 Å². The number of hydrogen-bond donors (Lipinski definition) is 3. The molecule has 0 amide bonds. The molecule has 1 atom stereocenters. The van der Waals surface area contributed by atoms with E-state index in [2.05, 4.69) is 33.1 Å². The summed E-state index contributed by atoms with van der Waals surface area (Å²) >= 11 is 5.04. The molecule has 182 valence electrons. The SMILES string of the molecule is CCOc1cc(C(CC)c2nc3c(C(=O)O)cccc3[nH]2)ccc1-c1ccccc1-c1nc(=S)o[nH]1. The van der Waals surface area contributed by atoms with Crippen LogP contribution >= 0.6 is 12.2 Å². The molecule has 0 saturated carbocycles. The molecule has 0 aliphatic heterocycles. The summed E-state index contributed by atoms with van der Waals surface area (Å²) in [5.74, 6) is 0.914. The fraction of sp³-hybridized carbons (Fsp3) is 0.185. The number of aromatic carboxylic acids is 1. The summed E-state index contributed by atoms with van der Waals surface area (Å²) in [6.45, 7) is 4.52. The van der Waals surface area contributed by atoms with E-state index in [0.717, 1.165) is 34.4 Å². The fourth-order valence-corrected chi connectivity index (χ4v) is 4.63. The van der Waals surface area contributed by atoms with Gasteiger partial charge in [-0.2, -0.15) is 4.98 Å².